The maximum Gasteiger partial charge on any atom is 0.170 e. The van der Waals surface area contributed by atoms with E-state index in [2.05, 4.69) is 4.74 Å². The van der Waals surface area contributed by atoms with Gasteiger partial charge < -0.3 is 14.2 Å². The summed E-state index contributed by atoms with van der Waals surface area (Å²) < 4.78 is 15.4. The number of benzene rings is 1. The van der Waals surface area contributed by atoms with E-state index in [0.29, 0.717) is 30.3 Å². The van der Waals surface area contributed by atoms with E-state index in [0.717, 1.165) is 0 Å². The highest BCUT2D eigenvalue weighted by Crippen LogP contribution is 2.31. The minimum absolute atomic E-state index is 0.0453. The van der Waals surface area contributed by atoms with Gasteiger partial charge >= 0.3 is 0 Å². The van der Waals surface area contributed by atoms with Gasteiger partial charge in [0.15, 0.2) is 23.1 Å². The molecule has 1 heterocycles. The fourth-order valence-electron chi connectivity index (χ4n) is 1.71. The van der Waals surface area contributed by atoms with Crippen LogP contribution in [0.1, 0.15) is 16.8 Å². The molecule has 0 radical (unpaired) electrons. The van der Waals surface area contributed by atoms with E-state index in [1.807, 2.05) is 0 Å². The molecule has 2 rings (SSSR count). The molecule has 0 saturated carbocycles. The van der Waals surface area contributed by atoms with E-state index < -0.39 is 0 Å². The van der Waals surface area contributed by atoms with Crippen molar-refractivity contribution < 1.29 is 23.8 Å². The molecule has 0 bridgehead atoms. The van der Waals surface area contributed by atoms with E-state index in [1.54, 1.807) is 18.2 Å². The van der Waals surface area contributed by atoms with Crippen LogP contribution < -0.4 is 9.47 Å². The number of hydrogen-bond donors (Lipinski definition) is 0. The molecule has 0 saturated heterocycles. The van der Waals surface area contributed by atoms with Crippen LogP contribution in [-0.4, -0.2) is 38.5 Å². The summed E-state index contributed by atoms with van der Waals surface area (Å²) in [6.45, 7) is 0.927. The maximum atomic E-state index is 11.8. The van der Waals surface area contributed by atoms with Crippen molar-refractivity contribution in [3.63, 3.8) is 0 Å². The summed E-state index contributed by atoms with van der Waals surface area (Å²) in [6, 6.07) is 4.93. The van der Waals surface area contributed by atoms with Gasteiger partial charge in [-0.2, -0.15) is 0 Å². The van der Waals surface area contributed by atoms with Crippen molar-refractivity contribution in [1.82, 2.24) is 0 Å². The minimum Gasteiger partial charge on any atom is -0.486 e. The van der Waals surface area contributed by atoms with Crippen molar-refractivity contribution in [3.05, 3.63) is 23.8 Å². The lowest BCUT2D eigenvalue weighted by atomic mass is 10.1. The minimum atomic E-state index is -0.242. The summed E-state index contributed by atoms with van der Waals surface area (Å²) in [4.78, 5) is 23.2. The smallest absolute Gasteiger partial charge is 0.170 e. The molecule has 0 fully saturated rings. The largest absolute Gasteiger partial charge is 0.486 e. The zero-order valence-corrected chi connectivity index (χ0v) is 10.1. The highest BCUT2D eigenvalue weighted by atomic mass is 16.6. The second-order valence-electron chi connectivity index (χ2n) is 3.93. The summed E-state index contributed by atoms with van der Waals surface area (Å²) in [5.41, 5.74) is 0.448. The molecule has 0 spiro atoms. The van der Waals surface area contributed by atoms with Crippen molar-refractivity contribution in [2.75, 3.05) is 26.9 Å². The van der Waals surface area contributed by atoms with Crippen LogP contribution in [0, 0.1) is 0 Å². The SMILES string of the molecule is COCC(=O)CC(=O)c1ccc2c(c1)OCCO2. The zero-order chi connectivity index (χ0) is 13.0. The van der Waals surface area contributed by atoms with Crippen molar-refractivity contribution in [2.45, 2.75) is 6.42 Å². The van der Waals surface area contributed by atoms with Gasteiger partial charge in [0.1, 0.15) is 19.8 Å². The molecule has 0 atom stereocenters. The van der Waals surface area contributed by atoms with Gasteiger partial charge in [0.2, 0.25) is 0 Å². The van der Waals surface area contributed by atoms with Crippen LogP contribution >= 0.6 is 0 Å². The van der Waals surface area contributed by atoms with Crippen molar-refractivity contribution >= 4 is 11.6 Å². The Morgan fingerprint density at radius 1 is 1.22 bits per heavy atom. The number of rotatable bonds is 5. The van der Waals surface area contributed by atoms with Gasteiger partial charge in [-0.05, 0) is 18.2 Å². The second-order valence-corrected chi connectivity index (χ2v) is 3.93. The fraction of sp³-hybridized carbons (Fsp3) is 0.385. The lowest BCUT2D eigenvalue weighted by molar-refractivity contribution is -0.121. The molecular weight excluding hydrogens is 236 g/mol. The van der Waals surface area contributed by atoms with Gasteiger partial charge in [0.25, 0.3) is 0 Å². The Morgan fingerprint density at radius 2 is 1.94 bits per heavy atom. The standard InChI is InChI=1S/C13H14O5/c1-16-8-10(14)7-11(15)9-2-3-12-13(6-9)18-5-4-17-12/h2-3,6H,4-5,7-8H2,1H3. The van der Waals surface area contributed by atoms with Crippen LogP contribution in [0.25, 0.3) is 0 Å². The molecule has 1 aromatic carbocycles. The lowest BCUT2D eigenvalue weighted by Crippen LogP contribution is -2.16. The molecule has 1 aromatic rings. The number of ether oxygens (including phenoxy) is 3. The van der Waals surface area contributed by atoms with Gasteiger partial charge in [0.05, 0.1) is 6.42 Å². The Morgan fingerprint density at radius 3 is 2.67 bits per heavy atom. The Bertz CT molecular complexity index is 466. The third-order valence-electron chi connectivity index (χ3n) is 2.53. The van der Waals surface area contributed by atoms with Gasteiger partial charge in [-0.3, -0.25) is 9.59 Å². The number of Topliss-reactive ketones (excluding diaryl/α,β-unsaturated/α-hetero) is 2. The monoisotopic (exact) mass is 250 g/mol. The van der Waals surface area contributed by atoms with Crippen LogP contribution in [0.5, 0.6) is 11.5 Å². The third kappa shape index (κ3) is 2.87. The van der Waals surface area contributed by atoms with E-state index in [9.17, 15) is 9.59 Å². The first-order chi connectivity index (χ1) is 8.70. The second kappa shape index (κ2) is 5.64. The molecular formula is C13H14O5. The van der Waals surface area contributed by atoms with Crippen LogP contribution in [0.15, 0.2) is 18.2 Å². The number of ketones is 2. The van der Waals surface area contributed by atoms with Crippen LogP contribution in [0.2, 0.25) is 0 Å². The molecule has 0 unspecified atom stereocenters. The topological polar surface area (TPSA) is 61.8 Å². The maximum absolute atomic E-state index is 11.8. The number of carbonyl (C=O) groups excluding carboxylic acids is 2. The first-order valence-corrected chi connectivity index (χ1v) is 5.64. The zero-order valence-electron chi connectivity index (χ0n) is 10.1. The van der Waals surface area contributed by atoms with E-state index in [-0.39, 0.29) is 24.6 Å². The number of fused-ring (bicyclic) bond motifs is 1. The third-order valence-corrected chi connectivity index (χ3v) is 2.53. The van der Waals surface area contributed by atoms with E-state index in [1.165, 1.54) is 7.11 Å². The van der Waals surface area contributed by atoms with Crippen LogP contribution in [0.4, 0.5) is 0 Å². The average Bonchev–Trinajstić information content (AvgIpc) is 2.38. The first kappa shape index (κ1) is 12.6. The van der Waals surface area contributed by atoms with Gasteiger partial charge in [0, 0.05) is 12.7 Å². The van der Waals surface area contributed by atoms with E-state index in [4.69, 9.17) is 9.47 Å². The summed E-state index contributed by atoms with van der Waals surface area (Å²) in [6.07, 6.45) is -0.159. The van der Waals surface area contributed by atoms with Gasteiger partial charge in [-0.15, -0.1) is 0 Å². The number of carbonyl (C=O) groups is 2. The van der Waals surface area contributed by atoms with Crippen LogP contribution in [-0.2, 0) is 9.53 Å². The number of hydrogen-bond acceptors (Lipinski definition) is 5. The molecule has 0 aliphatic carbocycles. The average molecular weight is 250 g/mol. The fourth-order valence-corrected chi connectivity index (χ4v) is 1.71. The Hall–Kier alpha value is -1.88. The molecule has 5 heteroatoms. The summed E-state index contributed by atoms with van der Waals surface area (Å²) in [5.74, 6) is 0.693. The lowest BCUT2D eigenvalue weighted by Gasteiger charge is -2.18. The molecule has 18 heavy (non-hydrogen) atoms. The Kier molecular flexibility index (Phi) is 3.94. The molecule has 5 nitrogen and oxygen atoms in total. The highest BCUT2D eigenvalue weighted by molar-refractivity contribution is 6.08. The molecule has 1 aliphatic rings. The Labute approximate surface area is 105 Å². The van der Waals surface area contributed by atoms with Gasteiger partial charge in [-0.25, -0.2) is 0 Å². The predicted molar refractivity (Wildman–Crippen MR) is 63.3 cm³/mol. The van der Waals surface area contributed by atoms with Crippen LogP contribution in [0.3, 0.4) is 0 Å². The summed E-state index contributed by atoms with van der Waals surface area (Å²) in [5, 5.41) is 0. The molecule has 0 aromatic heterocycles. The molecule has 0 N–H and O–H groups in total. The number of methoxy groups -OCH3 is 1. The van der Waals surface area contributed by atoms with Gasteiger partial charge in [-0.1, -0.05) is 0 Å². The molecule has 1 aliphatic heterocycles. The summed E-state index contributed by atoms with van der Waals surface area (Å²) >= 11 is 0. The Balaban J connectivity index is 2.09. The normalized spacial score (nSPS) is 13.2. The first-order valence-electron chi connectivity index (χ1n) is 5.64. The van der Waals surface area contributed by atoms with Crippen molar-refractivity contribution in [3.8, 4) is 11.5 Å². The highest BCUT2D eigenvalue weighted by Gasteiger charge is 2.16. The predicted octanol–water partition coefficient (Wildman–Crippen LogP) is 1.25. The molecule has 0 amide bonds. The van der Waals surface area contributed by atoms with E-state index >= 15 is 0 Å². The summed E-state index contributed by atoms with van der Waals surface area (Å²) in [7, 11) is 1.42. The quantitative estimate of drug-likeness (QED) is 0.581. The van der Waals surface area contributed by atoms with Crippen molar-refractivity contribution in [2.24, 2.45) is 0 Å². The molecule has 96 valence electrons. The van der Waals surface area contributed by atoms with Crippen molar-refractivity contribution in [1.29, 1.82) is 0 Å².